The molecule has 7 nitrogen and oxygen atoms in total. The zero-order valence-electron chi connectivity index (χ0n) is 10.6. The lowest BCUT2D eigenvalue weighted by molar-refractivity contribution is -0.183. The fourth-order valence-corrected chi connectivity index (χ4v) is 1.47. The maximum Gasteiger partial charge on any atom is 0.247 e. The first-order valence-electron chi connectivity index (χ1n) is 5.90. The van der Waals surface area contributed by atoms with E-state index in [1.54, 1.807) is 7.05 Å². The monoisotopic (exact) mass is 261 g/mol. The number of hydroxylamine groups is 2. The van der Waals surface area contributed by atoms with Crippen molar-refractivity contribution in [3.63, 3.8) is 0 Å². The van der Waals surface area contributed by atoms with E-state index < -0.39 is 0 Å². The van der Waals surface area contributed by atoms with Crippen molar-refractivity contribution in [1.29, 1.82) is 0 Å². The lowest BCUT2D eigenvalue weighted by Crippen LogP contribution is -2.27. The summed E-state index contributed by atoms with van der Waals surface area (Å²) in [5.74, 6) is -0.119. The largest absolute Gasteiger partial charge is 0.273 e. The quantitative estimate of drug-likeness (QED) is 0.714. The van der Waals surface area contributed by atoms with Gasteiger partial charge >= 0.3 is 0 Å². The van der Waals surface area contributed by atoms with Crippen LogP contribution in [0, 0.1) is 0 Å². The second-order valence-electron chi connectivity index (χ2n) is 3.97. The van der Waals surface area contributed by atoms with E-state index in [0.717, 1.165) is 5.56 Å². The summed E-state index contributed by atoms with van der Waals surface area (Å²) in [6.07, 6.45) is 1.76. The Balaban J connectivity index is 1.73. The molecule has 0 radical (unpaired) electrons. The van der Waals surface area contributed by atoms with E-state index in [1.807, 2.05) is 30.3 Å². The molecule has 0 aliphatic heterocycles. The lowest BCUT2D eigenvalue weighted by atomic mass is 10.2. The van der Waals surface area contributed by atoms with Gasteiger partial charge in [-0.15, -0.1) is 5.10 Å². The number of benzene rings is 1. The van der Waals surface area contributed by atoms with E-state index in [4.69, 9.17) is 4.84 Å². The predicted octanol–water partition coefficient (Wildman–Crippen LogP) is 0.653. The molecule has 0 atom stereocenters. The van der Waals surface area contributed by atoms with Gasteiger partial charge in [0.2, 0.25) is 5.91 Å². The zero-order valence-corrected chi connectivity index (χ0v) is 10.6. The molecule has 0 saturated carbocycles. The summed E-state index contributed by atoms with van der Waals surface area (Å²) < 4.78 is 1.50. The predicted molar refractivity (Wildman–Crippen MR) is 66.4 cm³/mol. The van der Waals surface area contributed by atoms with E-state index in [1.165, 1.54) is 16.1 Å². The molecule has 0 N–H and O–H groups in total. The highest BCUT2D eigenvalue weighted by atomic mass is 16.7. The Kier molecular flexibility index (Phi) is 4.57. The lowest BCUT2D eigenvalue weighted by Gasteiger charge is -2.16. The third-order valence-corrected chi connectivity index (χ3v) is 2.57. The van der Waals surface area contributed by atoms with Crippen molar-refractivity contribution in [3.8, 4) is 0 Å². The zero-order chi connectivity index (χ0) is 13.5. The molecule has 0 saturated heterocycles. The normalized spacial score (nSPS) is 10.4. The van der Waals surface area contributed by atoms with Gasteiger partial charge in [-0.25, -0.2) is 9.75 Å². The minimum absolute atomic E-state index is 0.119. The number of aryl methyl sites for hydroxylation is 1. The van der Waals surface area contributed by atoms with Crippen LogP contribution < -0.4 is 0 Å². The molecule has 1 aromatic heterocycles. The number of aromatic nitrogens is 4. The van der Waals surface area contributed by atoms with E-state index >= 15 is 0 Å². The third kappa shape index (κ3) is 4.14. The molecule has 0 aliphatic rings. The maximum atomic E-state index is 11.8. The molecule has 1 amide bonds. The van der Waals surface area contributed by atoms with Gasteiger partial charge in [0.1, 0.15) is 12.9 Å². The minimum Gasteiger partial charge on any atom is -0.273 e. The Morgan fingerprint density at radius 1 is 1.37 bits per heavy atom. The molecular formula is C12H15N5O2. The van der Waals surface area contributed by atoms with Crippen LogP contribution in [0.25, 0.3) is 0 Å². The number of carbonyl (C=O) groups excluding carboxylic acids is 1. The average molecular weight is 261 g/mol. The topological polar surface area (TPSA) is 73.1 Å². The van der Waals surface area contributed by atoms with Gasteiger partial charge in [-0.2, -0.15) is 0 Å². The fourth-order valence-electron chi connectivity index (χ4n) is 1.47. The maximum absolute atomic E-state index is 11.8. The van der Waals surface area contributed by atoms with Crippen LogP contribution in [0.15, 0.2) is 36.7 Å². The van der Waals surface area contributed by atoms with Crippen molar-refractivity contribution in [2.24, 2.45) is 0 Å². The minimum atomic E-state index is -0.119. The Morgan fingerprint density at radius 3 is 2.84 bits per heavy atom. The Hall–Kier alpha value is -2.28. The SMILES string of the molecule is CN(OCc1ccccc1)C(=O)CCn1cnnn1. The van der Waals surface area contributed by atoms with Crippen molar-refractivity contribution < 1.29 is 9.63 Å². The number of rotatable bonds is 6. The summed E-state index contributed by atoms with van der Waals surface area (Å²) >= 11 is 0. The first kappa shape index (κ1) is 13.2. The standard InChI is InChI=1S/C12H15N5O2/c1-16(19-9-11-5-3-2-4-6-11)12(18)7-8-17-10-13-14-15-17/h2-6,10H,7-9H2,1H3. The number of tetrazole rings is 1. The van der Waals surface area contributed by atoms with Crippen LogP contribution >= 0.6 is 0 Å². The highest BCUT2D eigenvalue weighted by Crippen LogP contribution is 2.03. The van der Waals surface area contributed by atoms with Gasteiger partial charge in [0.05, 0.1) is 6.54 Å². The van der Waals surface area contributed by atoms with Crippen molar-refractivity contribution in [1.82, 2.24) is 25.3 Å². The summed E-state index contributed by atoms with van der Waals surface area (Å²) in [7, 11) is 1.60. The van der Waals surface area contributed by atoms with Gasteiger partial charge in [0.25, 0.3) is 0 Å². The highest BCUT2D eigenvalue weighted by Gasteiger charge is 2.10. The van der Waals surface area contributed by atoms with Crippen molar-refractivity contribution in [3.05, 3.63) is 42.2 Å². The van der Waals surface area contributed by atoms with Crippen molar-refractivity contribution >= 4 is 5.91 Å². The Morgan fingerprint density at radius 2 is 2.16 bits per heavy atom. The molecule has 1 heterocycles. The number of amides is 1. The molecule has 7 heteroatoms. The molecule has 1 aromatic carbocycles. The number of hydrogen-bond acceptors (Lipinski definition) is 5. The number of hydrogen-bond donors (Lipinski definition) is 0. The smallest absolute Gasteiger partial charge is 0.247 e. The van der Waals surface area contributed by atoms with Gasteiger partial charge in [-0.3, -0.25) is 9.63 Å². The van der Waals surface area contributed by atoms with Crippen LogP contribution in [0.5, 0.6) is 0 Å². The van der Waals surface area contributed by atoms with E-state index in [-0.39, 0.29) is 12.3 Å². The molecule has 0 unspecified atom stereocenters. The summed E-state index contributed by atoms with van der Waals surface area (Å²) in [6, 6.07) is 9.68. The molecule has 0 bridgehead atoms. The van der Waals surface area contributed by atoms with Crippen LogP contribution in [0.2, 0.25) is 0 Å². The van der Waals surface area contributed by atoms with Crippen LogP contribution in [-0.2, 0) is 22.8 Å². The van der Waals surface area contributed by atoms with Gasteiger partial charge in [-0.1, -0.05) is 30.3 Å². The molecule has 0 spiro atoms. The van der Waals surface area contributed by atoms with Gasteiger partial charge < -0.3 is 0 Å². The molecule has 19 heavy (non-hydrogen) atoms. The van der Waals surface area contributed by atoms with Gasteiger partial charge in [0.15, 0.2) is 0 Å². The summed E-state index contributed by atoms with van der Waals surface area (Å²) in [6.45, 7) is 0.804. The molecule has 2 aromatic rings. The molecule has 2 rings (SSSR count). The fraction of sp³-hybridized carbons (Fsp3) is 0.333. The van der Waals surface area contributed by atoms with E-state index in [9.17, 15) is 4.79 Å². The molecular weight excluding hydrogens is 246 g/mol. The van der Waals surface area contributed by atoms with Crippen LogP contribution in [0.1, 0.15) is 12.0 Å². The summed E-state index contributed by atoms with van der Waals surface area (Å²) in [5, 5.41) is 11.9. The van der Waals surface area contributed by atoms with Crippen molar-refractivity contribution in [2.45, 2.75) is 19.6 Å². The van der Waals surface area contributed by atoms with E-state index in [2.05, 4.69) is 15.5 Å². The van der Waals surface area contributed by atoms with Crippen molar-refractivity contribution in [2.75, 3.05) is 7.05 Å². The van der Waals surface area contributed by atoms with E-state index in [0.29, 0.717) is 13.2 Å². The van der Waals surface area contributed by atoms with Gasteiger partial charge in [-0.05, 0) is 16.0 Å². The molecule has 0 fully saturated rings. The summed E-state index contributed by atoms with van der Waals surface area (Å²) in [5.41, 5.74) is 1.02. The van der Waals surface area contributed by atoms with Crippen LogP contribution in [0.3, 0.4) is 0 Å². The number of nitrogens with zero attached hydrogens (tertiary/aromatic N) is 5. The highest BCUT2D eigenvalue weighted by molar-refractivity contribution is 5.74. The van der Waals surface area contributed by atoms with Gasteiger partial charge in [0, 0.05) is 13.5 Å². The Labute approximate surface area is 110 Å². The first-order chi connectivity index (χ1) is 9.25. The third-order valence-electron chi connectivity index (χ3n) is 2.57. The number of carbonyl (C=O) groups is 1. The summed E-state index contributed by atoms with van der Waals surface area (Å²) in [4.78, 5) is 17.2. The van der Waals surface area contributed by atoms with Crippen LogP contribution in [-0.4, -0.2) is 38.2 Å². The van der Waals surface area contributed by atoms with Crippen LogP contribution in [0.4, 0.5) is 0 Å². The Bertz CT molecular complexity index is 500. The molecule has 100 valence electrons. The average Bonchev–Trinajstić information content (AvgIpc) is 2.96. The first-order valence-corrected chi connectivity index (χ1v) is 5.90. The second kappa shape index (κ2) is 6.60. The molecule has 0 aliphatic carbocycles. The second-order valence-corrected chi connectivity index (χ2v) is 3.97.